The van der Waals surface area contributed by atoms with Crippen molar-refractivity contribution in [3.8, 4) is 0 Å². The van der Waals surface area contributed by atoms with Crippen molar-refractivity contribution >= 4 is 5.71 Å². The maximum absolute atomic E-state index is 5.74. The summed E-state index contributed by atoms with van der Waals surface area (Å²) in [4.78, 5) is 5.09. The number of nitrogens with zero attached hydrogens (tertiary/aromatic N) is 1. The van der Waals surface area contributed by atoms with E-state index in [4.69, 9.17) is 9.57 Å². The molecule has 0 saturated carbocycles. The Morgan fingerprint density at radius 3 is 2.80 bits per heavy atom. The van der Waals surface area contributed by atoms with Crippen LogP contribution in [0, 0.1) is 12.8 Å². The fourth-order valence-electron chi connectivity index (χ4n) is 2.06. The van der Waals surface area contributed by atoms with E-state index in [0.29, 0.717) is 12.5 Å². The smallest absolute Gasteiger partial charge is 0.127 e. The molecule has 0 aliphatic carbocycles. The normalized spacial score (nSPS) is 28.5. The summed E-state index contributed by atoms with van der Waals surface area (Å²) in [6.07, 6.45) is 0.0121. The van der Waals surface area contributed by atoms with E-state index in [-0.39, 0.29) is 6.10 Å². The fraction of sp³-hybridized carbons (Fsp3) is 0.417. The molecule has 2 aliphatic rings. The summed E-state index contributed by atoms with van der Waals surface area (Å²) >= 11 is 0. The maximum atomic E-state index is 5.74. The molecule has 0 amide bonds. The van der Waals surface area contributed by atoms with Gasteiger partial charge in [-0.15, -0.1) is 0 Å². The molecule has 78 valence electrons. The molecular formula is C12H13NO2. The molecule has 1 aromatic carbocycles. The Labute approximate surface area is 88.7 Å². The molecule has 3 heteroatoms. The molecule has 2 aliphatic heterocycles. The van der Waals surface area contributed by atoms with Gasteiger partial charge in [0, 0.05) is 0 Å². The van der Waals surface area contributed by atoms with Gasteiger partial charge in [0.2, 0.25) is 0 Å². The third kappa shape index (κ3) is 1.43. The van der Waals surface area contributed by atoms with Crippen molar-refractivity contribution in [2.45, 2.75) is 13.0 Å². The molecule has 2 atom stereocenters. The molecule has 1 fully saturated rings. The predicted molar refractivity (Wildman–Crippen MR) is 56.7 cm³/mol. The zero-order valence-corrected chi connectivity index (χ0v) is 8.64. The SMILES string of the molecule is Cc1ccc([C@@H]2OC[C@@H]3CON=C32)cc1. The first-order chi connectivity index (χ1) is 7.34. The third-order valence-electron chi connectivity index (χ3n) is 2.98. The Kier molecular flexibility index (Phi) is 1.99. The standard InChI is InChI=1S/C12H13NO2/c1-8-2-4-9(5-3-8)12-11-10(6-14-12)7-15-13-11/h2-5,10,12H,6-7H2,1H3/t10-,12+/m1/s1. The van der Waals surface area contributed by atoms with E-state index < -0.39 is 0 Å². The van der Waals surface area contributed by atoms with Gasteiger partial charge in [-0.25, -0.2) is 0 Å². The van der Waals surface area contributed by atoms with Crippen molar-refractivity contribution < 1.29 is 9.57 Å². The van der Waals surface area contributed by atoms with Gasteiger partial charge in [-0.2, -0.15) is 0 Å². The highest BCUT2D eigenvalue weighted by Crippen LogP contribution is 2.33. The van der Waals surface area contributed by atoms with Crippen LogP contribution in [-0.4, -0.2) is 18.9 Å². The number of rotatable bonds is 1. The molecule has 0 spiro atoms. The Balaban J connectivity index is 1.91. The highest BCUT2D eigenvalue weighted by atomic mass is 16.6. The van der Waals surface area contributed by atoms with Gasteiger partial charge in [0.15, 0.2) is 0 Å². The van der Waals surface area contributed by atoms with Crippen LogP contribution in [0.15, 0.2) is 29.4 Å². The van der Waals surface area contributed by atoms with Gasteiger partial charge in [-0.1, -0.05) is 35.0 Å². The lowest BCUT2D eigenvalue weighted by atomic mass is 9.98. The van der Waals surface area contributed by atoms with Gasteiger partial charge >= 0.3 is 0 Å². The number of ether oxygens (including phenoxy) is 1. The minimum atomic E-state index is 0.0121. The summed E-state index contributed by atoms with van der Waals surface area (Å²) < 4.78 is 5.74. The topological polar surface area (TPSA) is 30.8 Å². The molecule has 0 unspecified atom stereocenters. The van der Waals surface area contributed by atoms with Gasteiger partial charge in [-0.3, -0.25) is 0 Å². The third-order valence-corrected chi connectivity index (χ3v) is 2.98. The highest BCUT2D eigenvalue weighted by molar-refractivity contribution is 5.93. The van der Waals surface area contributed by atoms with Crippen LogP contribution in [-0.2, 0) is 9.57 Å². The lowest BCUT2D eigenvalue weighted by Gasteiger charge is -2.09. The largest absolute Gasteiger partial charge is 0.395 e. The van der Waals surface area contributed by atoms with Crippen LogP contribution in [0.1, 0.15) is 17.2 Å². The molecule has 0 bridgehead atoms. The molecule has 15 heavy (non-hydrogen) atoms. The molecule has 1 aromatic rings. The summed E-state index contributed by atoms with van der Waals surface area (Å²) in [5, 5.41) is 4.07. The minimum absolute atomic E-state index is 0.0121. The van der Waals surface area contributed by atoms with E-state index in [9.17, 15) is 0 Å². The average molecular weight is 203 g/mol. The summed E-state index contributed by atoms with van der Waals surface area (Å²) in [6, 6.07) is 8.40. The number of aryl methyl sites for hydroxylation is 1. The van der Waals surface area contributed by atoms with Crippen LogP contribution >= 0.6 is 0 Å². The molecule has 2 heterocycles. The maximum Gasteiger partial charge on any atom is 0.127 e. The first-order valence-electron chi connectivity index (χ1n) is 5.22. The van der Waals surface area contributed by atoms with Crippen molar-refractivity contribution in [2.75, 3.05) is 13.2 Å². The number of fused-ring (bicyclic) bond motifs is 1. The molecule has 0 radical (unpaired) electrons. The van der Waals surface area contributed by atoms with Gasteiger partial charge in [0.25, 0.3) is 0 Å². The lowest BCUT2D eigenvalue weighted by molar-refractivity contribution is 0.0792. The fourth-order valence-corrected chi connectivity index (χ4v) is 2.06. The Morgan fingerprint density at radius 1 is 1.20 bits per heavy atom. The number of benzene rings is 1. The van der Waals surface area contributed by atoms with E-state index in [1.165, 1.54) is 11.1 Å². The van der Waals surface area contributed by atoms with Crippen molar-refractivity contribution in [3.05, 3.63) is 35.4 Å². The zero-order chi connectivity index (χ0) is 10.3. The molecule has 3 rings (SSSR count). The Hall–Kier alpha value is -1.35. The van der Waals surface area contributed by atoms with Crippen molar-refractivity contribution in [2.24, 2.45) is 11.1 Å². The first-order valence-corrected chi connectivity index (χ1v) is 5.22. The van der Waals surface area contributed by atoms with E-state index in [2.05, 4.69) is 36.3 Å². The van der Waals surface area contributed by atoms with Crippen molar-refractivity contribution in [1.82, 2.24) is 0 Å². The van der Waals surface area contributed by atoms with E-state index in [0.717, 1.165) is 12.3 Å². The van der Waals surface area contributed by atoms with Crippen molar-refractivity contribution in [3.63, 3.8) is 0 Å². The van der Waals surface area contributed by atoms with Crippen LogP contribution < -0.4 is 0 Å². The minimum Gasteiger partial charge on any atom is -0.395 e. The van der Waals surface area contributed by atoms with Crippen LogP contribution in [0.3, 0.4) is 0 Å². The Bertz CT molecular complexity index is 397. The summed E-state index contributed by atoms with van der Waals surface area (Å²) in [7, 11) is 0. The monoisotopic (exact) mass is 203 g/mol. The molecular weight excluding hydrogens is 190 g/mol. The predicted octanol–water partition coefficient (Wildman–Crippen LogP) is 2.07. The second-order valence-corrected chi connectivity index (χ2v) is 4.13. The van der Waals surface area contributed by atoms with Gasteiger partial charge in [-0.05, 0) is 12.5 Å². The zero-order valence-electron chi connectivity index (χ0n) is 8.64. The molecule has 1 saturated heterocycles. The highest BCUT2D eigenvalue weighted by Gasteiger charge is 2.38. The number of hydrogen-bond donors (Lipinski definition) is 0. The quantitative estimate of drug-likeness (QED) is 0.699. The second kappa shape index (κ2) is 3.35. The summed E-state index contributed by atoms with van der Waals surface area (Å²) in [5.41, 5.74) is 3.49. The first kappa shape index (κ1) is 8.92. The average Bonchev–Trinajstić information content (AvgIpc) is 2.80. The summed E-state index contributed by atoms with van der Waals surface area (Å²) in [6.45, 7) is 3.49. The van der Waals surface area contributed by atoms with Crippen molar-refractivity contribution in [1.29, 1.82) is 0 Å². The van der Waals surface area contributed by atoms with Gasteiger partial charge in [0.1, 0.15) is 12.7 Å². The second-order valence-electron chi connectivity index (χ2n) is 4.13. The molecule has 3 nitrogen and oxygen atoms in total. The number of hydrogen-bond acceptors (Lipinski definition) is 3. The molecule has 0 N–H and O–H groups in total. The van der Waals surface area contributed by atoms with Crippen LogP contribution in [0.2, 0.25) is 0 Å². The lowest BCUT2D eigenvalue weighted by Crippen LogP contribution is -2.11. The van der Waals surface area contributed by atoms with Gasteiger partial charge in [0.05, 0.1) is 18.2 Å². The number of oxime groups is 1. The van der Waals surface area contributed by atoms with E-state index >= 15 is 0 Å². The Morgan fingerprint density at radius 2 is 2.00 bits per heavy atom. The van der Waals surface area contributed by atoms with E-state index in [1.807, 2.05) is 0 Å². The van der Waals surface area contributed by atoms with Gasteiger partial charge < -0.3 is 9.57 Å². The van der Waals surface area contributed by atoms with E-state index in [1.54, 1.807) is 0 Å². The molecule has 0 aromatic heterocycles. The van der Waals surface area contributed by atoms with Crippen LogP contribution in [0.5, 0.6) is 0 Å². The van der Waals surface area contributed by atoms with Crippen LogP contribution in [0.25, 0.3) is 0 Å². The van der Waals surface area contributed by atoms with Crippen LogP contribution in [0.4, 0.5) is 0 Å². The summed E-state index contributed by atoms with van der Waals surface area (Å²) in [5.74, 6) is 0.372.